The molecule has 21 heavy (non-hydrogen) atoms. The minimum Gasteiger partial charge on any atom is -0.353 e. The molecule has 0 atom stereocenters. The molecule has 2 aromatic rings. The summed E-state index contributed by atoms with van der Waals surface area (Å²) in [7, 11) is 3.98. The van der Waals surface area contributed by atoms with E-state index in [1.54, 1.807) is 23.1 Å². The Morgan fingerprint density at radius 2 is 2.14 bits per heavy atom. The second kappa shape index (κ2) is 6.34. The molecule has 112 valence electrons. The first-order valence-corrected chi connectivity index (χ1v) is 8.77. The number of benzene rings is 1. The largest absolute Gasteiger partial charge is 0.353 e. The highest BCUT2D eigenvalue weighted by molar-refractivity contribution is 8.01. The molecule has 0 amide bonds. The zero-order valence-electron chi connectivity index (χ0n) is 12.6. The summed E-state index contributed by atoms with van der Waals surface area (Å²) >= 11 is 3.34. The molecule has 1 aromatic heterocycles. The summed E-state index contributed by atoms with van der Waals surface area (Å²) in [4.78, 5) is 3.27. The maximum atomic E-state index is 4.27. The molecule has 0 radical (unpaired) electrons. The van der Waals surface area contributed by atoms with E-state index in [4.69, 9.17) is 0 Å². The summed E-state index contributed by atoms with van der Waals surface area (Å²) in [5.41, 5.74) is 2.66. The van der Waals surface area contributed by atoms with Gasteiger partial charge in [-0.2, -0.15) is 0 Å². The monoisotopic (exact) mass is 320 g/mol. The van der Waals surface area contributed by atoms with Gasteiger partial charge in [0.05, 0.1) is 0 Å². The second-order valence-electron chi connectivity index (χ2n) is 5.61. The molecule has 1 aliphatic rings. The number of aromatic nitrogens is 2. The lowest BCUT2D eigenvalue weighted by Crippen LogP contribution is -2.15. The van der Waals surface area contributed by atoms with Crippen LogP contribution >= 0.6 is 23.1 Å². The van der Waals surface area contributed by atoms with Gasteiger partial charge in [0.1, 0.15) is 0 Å². The number of anilines is 1. The molecule has 0 unspecified atom stereocenters. The van der Waals surface area contributed by atoms with E-state index in [1.807, 2.05) is 19.0 Å². The molecule has 1 aromatic carbocycles. The Labute approximate surface area is 134 Å². The van der Waals surface area contributed by atoms with Gasteiger partial charge in [0.2, 0.25) is 5.13 Å². The first kappa shape index (κ1) is 14.8. The number of hydrogen-bond acceptors (Lipinski definition) is 6. The van der Waals surface area contributed by atoms with Crippen molar-refractivity contribution in [1.82, 2.24) is 15.5 Å². The lowest BCUT2D eigenvalue weighted by Gasteiger charge is -2.10. The van der Waals surface area contributed by atoms with Crippen LogP contribution in [0.1, 0.15) is 24.0 Å². The molecule has 0 aliphatic heterocycles. The number of nitrogens with one attached hydrogen (secondary N) is 1. The third kappa shape index (κ3) is 3.96. The van der Waals surface area contributed by atoms with Gasteiger partial charge >= 0.3 is 0 Å². The normalized spacial score (nSPS) is 14.4. The fraction of sp³-hybridized carbons (Fsp3) is 0.467. The molecule has 0 bridgehead atoms. The number of nitrogens with zero attached hydrogens (tertiary/aromatic N) is 3. The minimum absolute atomic E-state index is 0.727. The summed E-state index contributed by atoms with van der Waals surface area (Å²) in [6, 6.07) is 7.36. The van der Waals surface area contributed by atoms with Crippen LogP contribution in [-0.2, 0) is 6.54 Å². The fourth-order valence-corrected chi connectivity index (χ4v) is 3.84. The van der Waals surface area contributed by atoms with Gasteiger partial charge in [0.25, 0.3) is 0 Å². The topological polar surface area (TPSA) is 41.1 Å². The average molecular weight is 320 g/mol. The van der Waals surface area contributed by atoms with Crippen LogP contribution in [0.2, 0.25) is 0 Å². The summed E-state index contributed by atoms with van der Waals surface area (Å²) < 4.78 is 0.996. The first-order chi connectivity index (χ1) is 10.1. The van der Waals surface area contributed by atoms with Crippen LogP contribution in [0.3, 0.4) is 0 Å². The van der Waals surface area contributed by atoms with E-state index in [-0.39, 0.29) is 0 Å². The van der Waals surface area contributed by atoms with Gasteiger partial charge in [-0.05, 0) is 31.4 Å². The summed E-state index contributed by atoms with van der Waals surface area (Å²) in [5.74, 6) is 0. The molecule has 1 aliphatic carbocycles. The zero-order chi connectivity index (χ0) is 14.8. The van der Waals surface area contributed by atoms with Crippen LogP contribution in [0.5, 0.6) is 0 Å². The van der Waals surface area contributed by atoms with Crippen molar-refractivity contribution in [3.05, 3.63) is 29.3 Å². The van der Waals surface area contributed by atoms with Crippen molar-refractivity contribution in [2.24, 2.45) is 0 Å². The van der Waals surface area contributed by atoms with Gasteiger partial charge < -0.3 is 10.2 Å². The van der Waals surface area contributed by atoms with E-state index in [0.29, 0.717) is 0 Å². The van der Waals surface area contributed by atoms with Gasteiger partial charge in [-0.1, -0.05) is 40.8 Å². The number of rotatable bonds is 6. The van der Waals surface area contributed by atoms with E-state index in [1.165, 1.54) is 28.9 Å². The molecule has 0 saturated heterocycles. The van der Waals surface area contributed by atoms with E-state index in [2.05, 4.69) is 40.6 Å². The van der Waals surface area contributed by atoms with E-state index in [9.17, 15) is 0 Å². The predicted molar refractivity (Wildman–Crippen MR) is 89.4 cm³/mol. The van der Waals surface area contributed by atoms with Crippen LogP contribution in [0.4, 0.5) is 5.13 Å². The lowest BCUT2D eigenvalue weighted by atomic mass is 10.1. The second-order valence-corrected chi connectivity index (χ2v) is 7.86. The molecule has 3 rings (SSSR count). The Balaban J connectivity index is 1.75. The van der Waals surface area contributed by atoms with E-state index < -0.39 is 0 Å². The Morgan fingerprint density at radius 3 is 2.81 bits per heavy atom. The van der Waals surface area contributed by atoms with Crippen molar-refractivity contribution in [2.45, 2.75) is 41.6 Å². The maximum absolute atomic E-state index is 4.27. The average Bonchev–Trinajstić information content (AvgIpc) is 3.16. The maximum Gasteiger partial charge on any atom is 0.208 e. The van der Waals surface area contributed by atoms with Gasteiger partial charge in [0.15, 0.2) is 4.34 Å². The molecule has 0 spiro atoms. The molecule has 4 nitrogen and oxygen atoms in total. The third-order valence-corrected chi connectivity index (χ3v) is 5.61. The van der Waals surface area contributed by atoms with Gasteiger partial charge in [-0.3, -0.25) is 0 Å². The molecular weight excluding hydrogens is 300 g/mol. The van der Waals surface area contributed by atoms with Crippen molar-refractivity contribution in [3.63, 3.8) is 0 Å². The predicted octanol–water partition coefficient (Wildman–Crippen LogP) is 3.32. The Kier molecular flexibility index (Phi) is 4.47. The SMILES string of the molecule is Cc1ccc(Sc2nnc(N(C)C)s2)c(CNC2CC2)c1. The van der Waals surface area contributed by atoms with Crippen molar-refractivity contribution in [3.8, 4) is 0 Å². The third-order valence-electron chi connectivity index (χ3n) is 3.35. The van der Waals surface area contributed by atoms with Crippen LogP contribution in [-0.4, -0.2) is 30.3 Å². The van der Waals surface area contributed by atoms with E-state index >= 15 is 0 Å². The van der Waals surface area contributed by atoms with Crippen LogP contribution in [0.25, 0.3) is 0 Å². The molecule has 1 fully saturated rings. The highest BCUT2D eigenvalue weighted by Gasteiger charge is 2.20. The van der Waals surface area contributed by atoms with Crippen molar-refractivity contribution < 1.29 is 0 Å². The van der Waals surface area contributed by atoms with Crippen molar-refractivity contribution >= 4 is 28.2 Å². The fourth-order valence-electron chi connectivity index (χ4n) is 2.01. The zero-order valence-corrected chi connectivity index (χ0v) is 14.2. The highest BCUT2D eigenvalue weighted by Crippen LogP contribution is 2.35. The first-order valence-electron chi connectivity index (χ1n) is 7.13. The van der Waals surface area contributed by atoms with Gasteiger partial charge in [0, 0.05) is 31.6 Å². The van der Waals surface area contributed by atoms with Crippen LogP contribution in [0, 0.1) is 6.92 Å². The molecule has 6 heteroatoms. The van der Waals surface area contributed by atoms with Crippen molar-refractivity contribution in [1.29, 1.82) is 0 Å². The Morgan fingerprint density at radius 1 is 1.33 bits per heavy atom. The van der Waals surface area contributed by atoms with Crippen LogP contribution in [0.15, 0.2) is 27.4 Å². The van der Waals surface area contributed by atoms with E-state index in [0.717, 1.165) is 22.1 Å². The van der Waals surface area contributed by atoms with Gasteiger partial charge in [-0.25, -0.2) is 0 Å². The molecule has 1 N–H and O–H groups in total. The minimum atomic E-state index is 0.727. The quantitative estimate of drug-likeness (QED) is 0.884. The molecular formula is C15H20N4S2. The van der Waals surface area contributed by atoms with Crippen molar-refractivity contribution in [2.75, 3.05) is 19.0 Å². The Bertz CT molecular complexity index is 620. The number of aryl methyl sites for hydroxylation is 1. The summed E-state index contributed by atoms with van der Waals surface area (Å²) in [5, 5.41) is 13.0. The summed E-state index contributed by atoms with van der Waals surface area (Å²) in [6.07, 6.45) is 2.63. The smallest absolute Gasteiger partial charge is 0.208 e. The lowest BCUT2D eigenvalue weighted by molar-refractivity contribution is 0.680. The highest BCUT2D eigenvalue weighted by atomic mass is 32.2. The molecule has 1 heterocycles. The van der Waals surface area contributed by atoms with Crippen LogP contribution < -0.4 is 10.2 Å². The summed E-state index contributed by atoms with van der Waals surface area (Å²) in [6.45, 7) is 3.08. The number of hydrogen-bond donors (Lipinski definition) is 1. The standard InChI is InChI=1S/C15H20N4S2/c1-10-4-7-13(11(8-10)9-16-12-5-6-12)20-15-18-17-14(21-15)19(2)3/h4,7-8,12,16H,5-6,9H2,1-3H3. The molecule has 1 saturated carbocycles. The Hall–Kier alpha value is -1.11. The van der Waals surface area contributed by atoms with Gasteiger partial charge in [-0.15, -0.1) is 10.2 Å².